The van der Waals surface area contributed by atoms with Gasteiger partial charge >= 0.3 is 0 Å². The van der Waals surface area contributed by atoms with Crippen LogP contribution in [-0.2, 0) is 13.6 Å². The first kappa shape index (κ1) is 14.8. The van der Waals surface area contributed by atoms with Crippen LogP contribution >= 0.6 is 0 Å². The minimum Gasteiger partial charge on any atom is -0.395 e. The van der Waals surface area contributed by atoms with Crippen LogP contribution in [0.1, 0.15) is 28.0 Å². The second kappa shape index (κ2) is 7.27. The standard InChI is InChI=1S/C16H17N3O2/c1-19-15(9-10-18-19)12-17-16(21)14-7-5-13(6-8-14)4-2-3-11-20/h5-10,20H,3,11-12H2,1H3,(H,17,21). The van der Waals surface area contributed by atoms with Crippen LogP contribution in [0.3, 0.4) is 0 Å². The Morgan fingerprint density at radius 1 is 1.33 bits per heavy atom. The first-order valence-corrected chi connectivity index (χ1v) is 6.65. The second-order valence-corrected chi connectivity index (χ2v) is 4.48. The number of aromatic nitrogens is 2. The van der Waals surface area contributed by atoms with E-state index in [0.717, 1.165) is 11.3 Å². The predicted molar refractivity (Wildman–Crippen MR) is 79.4 cm³/mol. The summed E-state index contributed by atoms with van der Waals surface area (Å²) in [5.41, 5.74) is 2.35. The second-order valence-electron chi connectivity index (χ2n) is 4.48. The zero-order valence-corrected chi connectivity index (χ0v) is 11.8. The van der Waals surface area contributed by atoms with Crippen molar-refractivity contribution in [3.05, 3.63) is 53.3 Å². The summed E-state index contributed by atoms with van der Waals surface area (Å²) in [5.74, 6) is 5.63. The third-order valence-electron chi connectivity index (χ3n) is 2.97. The molecule has 1 heterocycles. The summed E-state index contributed by atoms with van der Waals surface area (Å²) in [5, 5.41) is 15.5. The average Bonchev–Trinajstić information content (AvgIpc) is 2.91. The summed E-state index contributed by atoms with van der Waals surface area (Å²) in [6, 6.07) is 8.93. The van der Waals surface area contributed by atoms with Gasteiger partial charge in [-0.1, -0.05) is 11.8 Å². The summed E-state index contributed by atoms with van der Waals surface area (Å²) < 4.78 is 1.72. The van der Waals surface area contributed by atoms with E-state index >= 15 is 0 Å². The molecule has 0 radical (unpaired) electrons. The summed E-state index contributed by atoms with van der Waals surface area (Å²) in [6.07, 6.45) is 2.15. The van der Waals surface area contributed by atoms with Crippen molar-refractivity contribution in [2.45, 2.75) is 13.0 Å². The van der Waals surface area contributed by atoms with Gasteiger partial charge in [-0.15, -0.1) is 0 Å². The summed E-state index contributed by atoms with van der Waals surface area (Å²) in [6.45, 7) is 0.495. The Labute approximate surface area is 123 Å². The van der Waals surface area contributed by atoms with E-state index in [4.69, 9.17) is 5.11 Å². The van der Waals surface area contributed by atoms with Crippen LogP contribution in [0.25, 0.3) is 0 Å². The van der Waals surface area contributed by atoms with Crippen LogP contribution in [0.2, 0.25) is 0 Å². The van der Waals surface area contributed by atoms with E-state index in [9.17, 15) is 4.79 Å². The number of nitrogens with one attached hydrogen (secondary N) is 1. The van der Waals surface area contributed by atoms with Crippen LogP contribution in [-0.4, -0.2) is 27.4 Å². The largest absolute Gasteiger partial charge is 0.395 e. The number of aliphatic hydroxyl groups excluding tert-OH is 1. The van der Waals surface area contributed by atoms with E-state index in [2.05, 4.69) is 22.3 Å². The number of aryl methyl sites for hydroxylation is 1. The normalized spacial score (nSPS) is 9.81. The zero-order chi connectivity index (χ0) is 15.1. The Bertz CT molecular complexity index is 663. The molecule has 1 aromatic heterocycles. The van der Waals surface area contributed by atoms with Gasteiger partial charge in [-0.25, -0.2) is 0 Å². The van der Waals surface area contributed by atoms with Crippen LogP contribution in [0.4, 0.5) is 0 Å². The van der Waals surface area contributed by atoms with Gasteiger partial charge in [0.25, 0.3) is 5.91 Å². The molecule has 1 amide bonds. The number of hydrogen-bond donors (Lipinski definition) is 2. The van der Waals surface area contributed by atoms with Gasteiger partial charge < -0.3 is 10.4 Å². The molecular weight excluding hydrogens is 266 g/mol. The lowest BCUT2D eigenvalue weighted by Gasteiger charge is -2.05. The van der Waals surface area contributed by atoms with Crippen molar-refractivity contribution in [2.24, 2.45) is 7.05 Å². The Hall–Kier alpha value is -2.58. The molecule has 0 aliphatic rings. The maximum absolute atomic E-state index is 12.0. The summed E-state index contributed by atoms with van der Waals surface area (Å²) in [7, 11) is 1.83. The lowest BCUT2D eigenvalue weighted by atomic mass is 10.1. The topological polar surface area (TPSA) is 67.2 Å². The zero-order valence-electron chi connectivity index (χ0n) is 11.8. The number of rotatable bonds is 4. The van der Waals surface area contributed by atoms with Gasteiger partial charge in [0, 0.05) is 30.8 Å². The van der Waals surface area contributed by atoms with E-state index < -0.39 is 0 Å². The maximum Gasteiger partial charge on any atom is 0.251 e. The third kappa shape index (κ3) is 4.20. The number of amides is 1. The molecule has 5 heteroatoms. The molecule has 5 nitrogen and oxygen atoms in total. The Morgan fingerprint density at radius 3 is 2.71 bits per heavy atom. The quantitative estimate of drug-likeness (QED) is 0.825. The number of carbonyl (C=O) groups excluding carboxylic acids is 1. The van der Waals surface area contributed by atoms with Crippen LogP contribution in [0.5, 0.6) is 0 Å². The van der Waals surface area contributed by atoms with Crippen LogP contribution < -0.4 is 5.32 Å². The molecule has 0 bridgehead atoms. The number of nitrogens with zero attached hydrogens (tertiary/aromatic N) is 2. The molecule has 2 N–H and O–H groups in total. The first-order valence-electron chi connectivity index (χ1n) is 6.65. The maximum atomic E-state index is 12.0. The van der Waals surface area contributed by atoms with Gasteiger partial charge in [0.05, 0.1) is 18.8 Å². The minimum atomic E-state index is -0.133. The van der Waals surface area contributed by atoms with E-state index in [1.54, 1.807) is 35.1 Å². The van der Waals surface area contributed by atoms with E-state index in [0.29, 0.717) is 18.5 Å². The van der Waals surface area contributed by atoms with Gasteiger partial charge in [-0.2, -0.15) is 5.10 Å². The third-order valence-corrected chi connectivity index (χ3v) is 2.97. The van der Waals surface area contributed by atoms with Gasteiger partial charge in [-0.05, 0) is 30.3 Å². The number of hydrogen-bond acceptors (Lipinski definition) is 3. The molecule has 0 fully saturated rings. The molecule has 21 heavy (non-hydrogen) atoms. The van der Waals surface area contributed by atoms with Crippen molar-refractivity contribution in [1.29, 1.82) is 0 Å². The Balaban J connectivity index is 1.94. The molecule has 0 aliphatic carbocycles. The molecule has 0 saturated heterocycles. The fraction of sp³-hybridized carbons (Fsp3) is 0.250. The van der Waals surface area contributed by atoms with Crippen molar-refractivity contribution >= 4 is 5.91 Å². The molecular formula is C16H17N3O2. The monoisotopic (exact) mass is 283 g/mol. The molecule has 0 aliphatic heterocycles. The van der Waals surface area contributed by atoms with E-state index in [1.165, 1.54) is 0 Å². The number of aliphatic hydroxyl groups is 1. The first-order chi connectivity index (χ1) is 10.2. The Kier molecular flexibility index (Phi) is 5.13. The van der Waals surface area contributed by atoms with Crippen molar-refractivity contribution in [1.82, 2.24) is 15.1 Å². The van der Waals surface area contributed by atoms with Crippen molar-refractivity contribution < 1.29 is 9.90 Å². The van der Waals surface area contributed by atoms with E-state index in [-0.39, 0.29) is 12.5 Å². The number of benzene rings is 1. The smallest absolute Gasteiger partial charge is 0.251 e. The fourth-order valence-corrected chi connectivity index (χ4v) is 1.77. The lowest BCUT2D eigenvalue weighted by molar-refractivity contribution is 0.0950. The van der Waals surface area contributed by atoms with E-state index in [1.807, 2.05) is 13.1 Å². The molecule has 0 unspecified atom stereocenters. The highest BCUT2D eigenvalue weighted by atomic mass is 16.2. The van der Waals surface area contributed by atoms with Crippen LogP contribution in [0, 0.1) is 11.8 Å². The van der Waals surface area contributed by atoms with Crippen molar-refractivity contribution in [3.63, 3.8) is 0 Å². The number of carbonyl (C=O) groups is 1. The average molecular weight is 283 g/mol. The lowest BCUT2D eigenvalue weighted by Crippen LogP contribution is -2.23. The Morgan fingerprint density at radius 2 is 2.10 bits per heavy atom. The molecule has 2 aromatic rings. The van der Waals surface area contributed by atoms with Crippen LogP contribution in [0.15, 0.2) is 36.5 Å². The fourth-order valence-electron chi connectivity index (χ4n) is 1.77. The van der Waals surface area contributed by atoms with Gasteiger partial charge in [0.1, 0.15) is 0 Å². The molecule has 2 rings (SSSR count). The summed E-state index contributed by atoms with van der Waals surface area (Å²) in [4.78, 5) is 12.0. The van der Waals surface area contributed by atoms with Crippen molar-refractivity contribution in [3.8, 4) is 11.8 Å². The molecule has 1 aromatic carbocycles. The SMILES string of the molecule is Cn1nccc1CNC(=O)c1ccc(C#CCCO)cc1. The highest BCUT2D eigenvalue weighted by Crippen LogP contribution is 2.04. The predicted octanol–water partition coefficient (Wildman–Crippen LogP) is 1.08. The van der Waals surface area contributed by atoms with Gasteiger partial charge in [-0.3, -0.25) is 9.48 Å². The molecule has 108 valence electrons. The van der Waals surface area contributed by atoms with Gasteiger partial charge in [0.2, 0.25) is 0 Å². The molecule has 0 spiro atoms. The van der Waals surface area contributed by atoms with Crippen molar-refractivity contribution in [2.75, 3.05) is 6.61 Å². The molecule has 0 atom stereocenters. The minimum absolute atomic E-state index is 0.0570. The highest BCUT2D eigenvalue weighted by Gasteiger charge is 2.06. The summed E-state index contributed by atoms with van der Waals surface area (Å²) >= 11 is 0. The molecule has 0 saturated carbocycles. The highest BCUT2D eigenvalue weighted by molar-refractivity contribution is 5.94. The van der Waals surface area contributed by atoms with Gasteiger partial charge in [0.15, 0.2) is 0 Å².